The fourth-order valence-corrected chi connectivity index (χ4v) is 3.10. The number of aromatic nitrogens is 4. The van der Waals surface area contributed by atoms with Gasteiger partial charge in [0.25, 0.3) is 5.56 Å². The van der Waals surface area contributed by atoms with Gasteiger partial charge >= 0.3 is 11.7 Å². The van der Waals surface area contributed by atoms with Crippen LogP contribution in [0.5, 0.6) is 0 Å². The number of hydrogen-bond acceptors (Lipinski definition) is 6. The standard InChI is InChI=1S/C18H18ClN5O5/c1-4-29-16(27)10-7-5-6-8-11(10)20-12(25)9-24-13-14(21-17(24)19)22(2)18(28)23(3)15(13)26/h5-8H,4,9H2,1-3H3,(H,20,25). The molecule has 2 aromatic heterocycles. The Hall–Kier alpha value is -3.40. The number of rotatable bonds is 5. The Balaban J connectivity index is 1.97. The predicted molar refractivity (Wildman–Crippen MR) is 106 cm³/mol. The molecule has 0 aliphatic heterocycles. The zero-order chi connectivity index (χ0) is 21.3. The average Bonchev–Trinajstić information content (AvgIpc) is 3.01. The minimum atomic E-state index is -0.623. The highest BCUT2D eigenvalue weighted by molar-refractivity contribution is 6.29. The van der Waals surface area contributed by atoms with Gasteiger partial charge in [0.1, 0.15) is 6.54 Å². The molecule has 0 bridgehead atoms. The van der Waals surface area contributed by atoms with E-state index in [1.807, 2.05) is 0 Å². The fourth-order valence-electron chi connectivity index (χ4n) is 2.88. The number of nitrogens with one attached hydrogen (secondary N) is 1. The maximum Gasteiger partial charge on any atom is 0.340 e. The third-order valence-electron chi connectivity index (χ3n) is 4.30. The van der Waals surface area contributed by atoms with Crippen molar-refractivity contribution in [1.82, 2.24) is 18.7 Å². The van der Waals surface area contributed by atoms with Crippen LogP contribution in [0.15, 0.2) is 33.9 Å². The molecule has 3 aromatic rings. The van der Waals surface area contributed by atoms with E-state index in [0.29, 0.717) is 0 Å². The third-order valence-corrected chi connectivity index (χ3v) is 4.59. The molecule has 29 heavy (non-hydrogen) atoms. The second-order valence-corrected chi connectivity index (χ2v) is 6.50. The van der Waals surface area contributed by atoms with Crippen LogP contribution in [-0.2, 0) is 30.2 Å². The summed E-state index contributed by atoms with van der Waals surface area (Å²) in [5.41, 5.74) is -0.630. The summed E-state index contributed by atoms with van der Waals surface area (Å²) in [7, 11) is 2.78. The van der Waals surface area contributed by atoms with Crippen LogP contribution in [0.25, 0.3) is 11.2 Å². The van der Waals surface area contributed by atoms with Crippen molar-refractivity contribution in [2.75, 3.05) is 11.9 Å². The Morgan fingerprint density at radius 3 is 2.55 bits per heavy atom. The van der Waals surface area contributed by atoms with Gasteiger partial charge in [-0.25, -0.2) is 9.59 Å². The van der Waals surface area contributed by atoms with Crippen LogP contribution >= 0.6 is 11.6 Å². The van der Waals surface area contributed by atoms with Gasteiger partial charge < -0.3 is 10.1 Å². The second kappa shape index (κ2) is 7.92. The summed E-state index contributed by atoms with van der Waals surface area (Å²) in [6.07, 6.45) is 0. The summed E-state index contributed by atoms with van der Waals surface area (Å²) in [5, 5.41) is 2.50. The molecule has 2 heterocycles. The van der Waals surface area contributed by atoms with Crippen LogP contribution in [0.4, 0.5) is 5.69 Å². The normalized spacial score (nSPS) is 10.9. The lowest BCUT2D eigenvalue weighted by Gasteiger charge is -2.11. The number of benzene rings is 1. The number of nitrogens with zero attached hydrogens (tertiary/aromatic N) is 4. The highest BCUT2D eigenvalue weighted by Crippen LogP contribution is 2.18. The molecule has 0 aliphatic rings. The first-order chi connectivity index (χ1) is 13.8. The topological polar surface area (TPSA) is 117 Å². The van der Waals surface area contributed by atoms with E-state index in [-0.39, 0.29) is 40.8 Å². The van der Waals surface area contributed by atoms with Crippen molar-refractivity contribution >= 4 is 40.3 Å². The second-order valence-electron chi connectivity index (χ2n) is 6.16. The number of imidazole rings is 1. The van der Waals surface area contributed by atoms with Crippen LogP contribution in [-0.4, -0.2) is 37.2 Å². The summed E-state index contributed by atoms with van der Waals surface area (Å²) in [5.74, 6) is -1.11. The molecule has 0 spiro atoms. The lowest BCUT2D eigenvalue weighted by molar-refractivity contribution is -0.116. The number of fused-ring (bicyclic) bond motifs is 1. The Bertz CT molecular complexity index is 1240. The quantitative estimate of drug-likeness (QED) is 0.485. The van der Waals surface area contributed by atoms with Gasteiger partial charge in [-0.05, 0) is 30.7 Å². The molecule has 11 heteroatoms. The summed E-state index contributed by atoms with van der Waals surface area (Å²) in [6, 6.07) is 6.38. The van der Waals surface area contributed by atoms with Gasteiger partial charge in [0.05, 0.1) is 17.9 Å². The number of halogens is 1. The first kappa shape index (κ1) is 20.3. The molecule has 10 nitrogen and oxygen atoms in total. The maximum atomic E-state index is 12.6. The van der Waals surface area contributed by atoms with Crippen LogP contribution < -0.4 is 16.6 Å². The number of para-hydroxylation sites is 1. The van der Waals surface area contributed by atoms with Gasteiger partial charge in [-0.2, -0.15) is 4.98 Å². The van der Waals surface area contributed by atoms with Crippen molar-refractivity contribution in [1.29, 1.82) is 0 Å². The number of esters is 1. The molecule has 152 valence electrons. The molecular weight excluding hydrogens is 402 g/mol. The van der Waals surface area contributed by atoms with Crippen molar-refractivity contribution in [2.24, 2.45) is 14.1 Å². The summed E-state index contributed by atoms with van der Waals surface area (Å²) in [4.78, 5) is 53.3. The van der Waals surface area contributed by atoms with Crippen molar-refractivity contribution in [3.8, 4) is 0 Å². The summed E-state index contributed by atoms with van der Waals surface area (Å²) < 4.78 is 8.27. The van der Waals surface area contributed by atoms with Gasteiger partial charge in [0, 0.05) is 14.1 Å². The van der Waals surface area contributed by atoms with Crippen LogP contribution in [0.1, 0.15) is 17.3 Å². The van der Waals surface area contributed by atoms with Crippen LogP contribution in [0.2, 0.25) is 5.28 Å². The highest BCUT2D eigenvalue weighted by atomic mass is 35.5. The number of aryl methyl sites for hydroxylation is 1. The van der Waals surface area contributed by atoms with E-state index in [0.717, 1.165) is 4.57 Å². The van der Waals surface area contributed by atoms with Crippen LogP contribution in [0, 0.1) is 0 Å². The summed E-state index contributed by atoms with van der Waals surface area (Å²) in [6.45, 7) is 1.53. The molecule has 0 radical (unpaired) electrons. The first-order valence-electron chi connectivity index (χ1n) is 8.64. The number of carbonyl (C=O) groups is 2. The monoisotopic (exact) mass is 419 g/mol. The fraction of sp³-hybridized carbons (Fsp3) is 0.278. The summed E-state index contributed by atoms with van der Waals surface area (Å²) >= 11 is 6.12. The van der Waals surface area contributed by atoms with E-state index >= 15 is 0 Å². The molecule has 1 N–H and O–H groups in total. The maximum absolute atomic E-state index is 12.6. The predicted octanol–water partition coefficient (Wildman–Crippen LogP) is 0.902. The molecule has 0 saturated carbocycles. The Labute approximate surface area is 169 Å². The van der Waals surface area contributed by atoms with E-state index in [2.05, 4.69) is 10.3 Å². The van der Waals surface area contributed by atoms with Gasteiger partial charge in [0.2, 0.25) is 11.2 Å². The third kappa shape index (κ3) is 3.66. The number of carbonyl (C=O) groups excluding carboxylic acids is 2. The van der Waals surface area contributed by atoms with E-state index < -0.39 is 23.1 Å². The Morgan fingerprint density at radius 1 is 1.17 bits per heavy atom. The molecule has 0 atom stereocenters. The van der Waals surface area contributed by atoms with Crippen molar-refractivity contribution in [3.05, 3.63) is 56.0 Å². The van der Waals surface area contributed by atoms with E-state index in [1.165, 1.54) is 29.3 Å². The minimum absolute atomic E-state index is 0.0217. The lowest BCUT2D eigenvalue weighted by Crippen LogP contribution is -2.37. The van der Waals surface area contributed by atoms with Crippen molar-refractivity contribution in [2.45, 2.75) is 13.5 Å². The molecule has 0 unspecified atom stereocenters. The smallest absolute Gasteiger partial charge is 0.340 e. The average molecular weight is 420 g/mol. The Kier molecular flexibility index (Phi) is 5.55. The van der Waals surface area contributed by atoms with Gasteiger partial charge in [-0.15, -0.1) is 0 Å². The molecular formula is C18H18ClN5O5. The van der Waals surface area contributed by atoms with Gasteiger partial charge in [-0.1, -0.05) is 12.1 Å². The molecule has 0 aliphatic carbocycles. The number of ether oxygens (including phenoxy) is 1. The number of anilines is 1. The molecule has 0 saturated heterocycles. The largest absolute Gasteiger partial charge is 0.462 e. The molecule has 0 fully saturated rings. The highest BCUT2D eigenvalue weighted by Gasteiger charge is 2.21. The molecule has 1 amide bonds. The lowest BCUT2D eigenvalue weighted by atomic mass is 10.2. The molecule has 1 aromatic carbocycles. The molecule has 3 rings (SSSR count). The SMILES string of the molecule is CCOC(=O)c1ccccc1NC(=O)Cn1c(Cl)nc2c1c(=O)n(C)c(=O)n2C. The van der Waals surface area contributed by atoms with E-state index in [4.69, 9.17) is 16.3 Å². The first-order valence-corrected chi connectivity index (χ1v) is 9.01. The zero-order valence-electron chi connectivity index (χ0n) is 15.9. The zero-order valence-corrected chi connectivity index (χ0v) is 16.7. The van der Waals surface area contributed by atoms with E-state index in [9.17, 15) is 19.2 Å². The Morgan fingerprint density at radius 2 is 1.86 bits per heavy atom. The van der Waals surface area contributed by atoms with Gasteiger partial charge in [0.15, 0.2) is 11.2 Å². The van der Waals surface area contributed by atoms with E-state index in [1.54, 1.807) is 25.1 Å². The van der Waals surface area contributed by atoms with Gasteiger partial charge in [-0.3, -0.25) is 23.3 Å². The van der Waals surface area contributed by atoms with Crippen LogP contribution in [0.3, 0.4) is 0 Å². The van der Waals surface area contributed by atoms with Crippen molar-refractivity contribution < 1.29 is 14.3 Å². The minimum Gasteiger partial charge on any atom is -0.462 e. The van der Waals surface area contributed by atoms with Crippen molar-refractivity contribution in [3.63, 3.8) is 0 Å². The number of hydrogen-bond donors (Lipinski definition) is 1. The number of amides is 1.